The van der Waals surface area contributed by atoms with Crippen LogP contribution in [0.15, 0.2) is 23.3 Å². The highest BCUT2D eigenvalue weighted by Gasteiger charge is 2.49. The van der Waals surface area contributed by atoms with Gasteiger partial charge in [0.1, 0.15) is 30.5 Å². The molecule has 1 saturated heterocycles. The lowest BCUT2D eigenvalue weighted by molar-refractivity contribution is -0.288. The molecule has 0 aromatic carbocycles. The summed E-state index contributed by atoms with van der Waals surface area (Å²) < 4.78 is 11.7. The molecule has 9 heteroatoms. The van der Waals surface area contributed by atoms with E-state index in [1.54, 1.807) is 6.08 Å². The van der Waals surface area contributed by atoms with Crippen LogP contribution in [-0.4, -0.2) is 87.5 Å². The van der Waals surface area contributed by atoms with Crippen molar-refractivity contribution < 1.29 is 39.8 Å². The van der Waals surface area contributed by atoms with Crippen molar-refractivity contribution in [3.63, 3.8) is 0 Å². The van der Waals surface area contributed by atoms with Crippen molar-refractivity contribution in [3.8, 4) is 0 Å². The maximum Gasteiger partial charge on any atom is 0.217 e. The maximum atomic E-state index is 11.6. The normalized spacial score (nSPS) is 37.7. The van der Waals surface area contributed by atoms with Gasteiger partial charge in [-0.25, -0.2) is 0 Å². The number of carbonyl (C=O) groups is 1. The molecule has 0 unspecified atom stereocenters. The number of carbonyl (C=O) groups excluding carboxylic acids is 1. The number of hydrogen-bond acceptors (Lipinski definition) is 8. The molecule has 0 spiro atoms. The van der Waals surface area contributed by atoms with E-state index >= 15 is 0 Å². The van der Waals surface area contributed by atoms with Gasteiger partial charge >= 0.3 is 0 Å². The highest BCUT2D eigenvalue weighted by Crippen LogP contribution is 2.45. The zero-order valence-corrected chi connectivity index (χ0v) is 19.6. The average molecular weight is 458 g/mol. The molecule has 0 saturated carbocycles. The van der Waals surface area contributed by atoms with Gasteiger partial charge in [-0.05, 0) is 32.6 Å². The van der Waals surface area contributed by atoms with Crippen molar-refractivity contribution in [2.24, 2.45) is 11.3 Å². The molecule has 0 bridgehead atoms. The number of hydrogen-bond donors (Lipinski definition) is 6. The number of aliphatic hydroxyl groups is 5. The van der Waals surface area contributed by atoms with E-state index in [9.17, 15) is 25.2 Å². The van der Waals surface area contributed by atoms with Crippen LogP contribution in [0.5, 0.6) is 0 Å². The first-order valence-electron chi connectivity index (χ1n) is 11.1. The molecule has 6 N–H and O–H groups in total. The first-order chi connectivity index (χ1) is 14.9. The van der Waals surface area contributed by atoms with Crippen LogP contribution in [0, 0.1) is 11.3 Å². The van der Waals surface area contributed by atoms with Gasteiger partial charge < -0.3 is 40.3 Å². The average Bonchev–Trinajstić information content (AvgIpc) is 2.71. The Balaban J connectivity index is 2.24. The number of rotatable bonds is 8. The fourth-order valence-electron chi connectivity index (χ4n) is 4.77. The molecule has 32 heavy (non-hydrogen) atoms. The van der Waals surface area contributed by atoms with E-state index < -0.39 is 60.8 Å². The van der Waals surface area contributed by atoms with Crippen molar-refractivity contribution in [3.05, 3.63) is 23.3 Å². The molecule has 2 aliphatic rings. The lowest BCUT2D eigenvalue weighted by Gasteiger charge is -2.48. The monoisotopic (exact) mass is 457 g/mol. The van der Waals surface area contributed by atoms with Crippen LogP contribution >= 0.6 is 0 Å². The Morgan fingerprint density at radius 2 is 1.88 bits per heavy atom. The molecule has 1 amide bonds. The predicted octanol–water partition coefficient (Wildman–Crippen LogP) is -0.00270. The Bertz CT molecular complexity index is 706. The van der Waals surface area contributed by atoms with Gasteiger partial charge in [0.2, 0.25) is 5.91 Å². The van der Waals surface area contributed by atoms with Crippen molar-refractivity contribution in [1.82, 2.24) is 5.32 Å². The van der Waals surface area contributed by atoms with Gasteiger partial charge in [0.25, 0.3) is 0 Å². The van der Waals surface area contributed by atoms with Crippen LogP contribution in [0.1, 0.15) is 47.5 Å². The molecule has 1 heterocycles. The van der Waals surface area contributed by atoms with Crippen LogP contribution in [0.4, 0.5) is 0 Å². The Morgan fingerprint density at radius 1 is 1.22 bits per heavy atom. The maximum absolute atomic E-state index is 11.6. The van der Waals surface area contributed by atoms with Crippen LogP contribution in [0.3, 0.4) is 0 Å². The van der Waals surface area contributed by atoms with E-state index in [-0.39, 0.29) is 12.5 Å². The zero-order valence-electron chi connectivity index (χ0n) is 19.6. The number of allylic oxidation sites excluding steroid dienone is 2. The van der Waals surface area contributed by atoms with Gasteiger partial charge in [0.05, 0.1) is 19.3 Å². The summed E-state index contributed by atoms with van der Waals surface area (Å²) in [6.45, 7) is 8.59. The minimum absolute atomic E-state index is 0.000507. The minimum Gasteiger partial charge on any atom is -0.394 e. The topological polar surface area (TPSA) is 149 Å². The number of ether oxygens (including phenoxy) is 2. The van der Waals surface area contributed by atoms with Crippen LogP contribution in [0.25, 0.3) is 0 Å². The van der Waals surface area contributed by atoms with Gasteiger partial charge in [0, 0.05) is 12.3 Å². The van der Waals surface area contributed by atoms with E-state index in [0.717, 1.165) is 24.0 Å². The van der Waals surface area contributed by atoms with Crippen LogP contribution in [0.2, 0.25) is 0 Å². The molecule has 0 radical (unpaired) electrons. The summed E-state index contributed by atoms with van der Waals surface area (Å²) in [6, 6.07) is -1.07. The van der Waals surface area contributed by atoms with Crippen molar-refractivity contribution in [2.45, 2.75) is 90.3 Å². The van der Waals surface area contributed by atoms with E-state index in [1.807, 2.05) is 33.8 Å². The molecule has 184 valence electrons. The summed E-state index contributed by atoms with van der Waals surface area (Å²) >= 11 is 0. The number of nitrogens with one attached hydrogen (secondary N) is 1. The molecule has 1 aliphatic carbocycles. The Labute approximate surface area is 189 Å². The molecule has 0 aromatic heterocycles. The lowest BCUT2D eigenvalue weighted by atomic mass is 9.64. The molecule has 1 aliphatic heterocycles. The fourth-order valence-corrected chi connectivity index (χ4v) is 4.77. The minimum atomic E-state index is -1.41. The predicted molar refractivity (Wildman–Crippen MR) is 117 cm³/mol. The third kappa shape index (κ3) is 5.96. The standard InChI is InChI=1S/C23H39NO8/c1-12(8-9-25)6-7-15-13(2)10-16(21(30)23(15,4)5)31-22-18(24-14(3)27)20(29)19(28)17(11-26)32-22/h8,10,15-22,25-26,28-30H,6-7,9,11H2,1-5H3,(H,24,27)/b12-8+/t15-,16-,17-,18-,19-,20-,21+,22+/m1/s1. The lowest BCUT2D eigenvalue weighted by Crippen LogP contribution is -2.65. The molecule has 8 atom stereocenters. The molecular weight excluding hydrogens is 418 g/mol. The summed E-state index contributed by atoms with van der Waals surface area (Å²) in [7, 11) is 0. The molecule has 9 nitrogen and oxygen atoms in total. The van der Waals surface area contributed by atoms with Gasteiger partial charge in [-0.15, -0.1) is 0 Å². The highest BCUT2D eigenvalue weighted by molar-refractivity contribution is 5.73. The van der Waals surface area contributed by atoms with E-state index in [0.29, 0.717) is 0 Å². The Kier molecular flexibility index (Phi) is 9.42. The van der Waals surface area contributed by atoms with Gasteiger partial charge in [-0.1, -0.05) is 37.1 Å². The van der Waals surface area contributed by atoms with Crippen molar-refractivity contribution in [2.75, 3.05) is 13.2 Å². The summed E-state index contributed by atoms with van der Waals surface area (Å²) in [5.74, 6) is -0.362. The summed E-state index contributed by atoms with van der Waals surface area (Å²) in [5, 5.41) is 52.9. The second-order valence-corrected chi connectivity index (χ2v) is 9.53. The van der Waals surface area contributed by atoms with Gasteiger partial charge in [-0.3, -0.25) is 4.79 Å². The van der Waals surface area contributed by atoms with E-state index in [2.05, 4.69) is 5.32 Å². The SMILES string of the molecule is CC(=O)N[C@H]1[C@@H](O[C@@H]2C=C(C)[C@@H](CC/C(C)=C/CO)C(C)(C)[C@H]2O)O[C@H](CO)[C@@H](O)[C@@H]1O. The quantitative estimate of drug-likeness (QED) is 0.279. The van der Waals surface area contributed by atoms with Gasteiger partial charge in [-0.2, -0.15) is 0 Å². The highest BCUT2D eigenvalue weighted by atomic mass is 16.7. The molecule has 2 rings (SSSR count). The Hall–Kier alpha value is -1.33. The summed E-state index contributed by atoms with van der Waals surface area (Å²) in [5.41, 5.74) is 1.57. The largest absolute Gasteiger partial charge is 0.394 e. The number of aliphatic hydroxyl groups excluding tert-OH is 5. The van der Waals surface area contributed by atoms with Gasteiger partial charge in [0.15, 0.2) is 6.29 Å². The Morgan fingerprint density at radius 3 is 2.44 bits per heavy atom. The first-order valence-corrected chi connectivity index (χ1v) is 11.1. The molecular formula is C23H39NO8. The smallest absolute Gasteiger partial charge is 0.217 e. The summed E-state index contributed by atoms with van der Waals surface area (Å²) in [6.07, 6.45) is -1.58. The second kappa shape index (κ2) is 11.2. The van der Waals surface area contributed by atoms with E-state index in [4.69, 9.17) is 14.6 Å². The third-order valence-corrected chi connectivity index (χ3v) is 6.76. The fraction of sp³-hybridized carbons (Fsp3) is 0.783. The molecule has 1 fully saturated rings. The van der Waals surface area contributed by atoms with E-state index in [1.165, 1.54) is 6.92 Å². The van der Waals surface area contributed by atoms with Crippen LogP contribution in [-0.2, 0) is 14.3 Å². The second-order valence-electron chi connectivity index (χ2n) is 9.53. The third-order valence-electron chi connectivity index (χ3n) is 6.76. The number of amides is 1. The van der Waals surface area contributed by atoms with Crippen molar-refractivity contribution in [1.29, 1.82) is 0 Å². The van der Waals surface area contributed by atoms with Crippen molar-refractivity contribution >= 4 is 5.91 Å². The zero-order chi connectivity index (χ0) is 24.2. The summed E-state index contributed by atoms with van der Waals surface area (Å²) in [4.78, 5) is 11.6. The van der Waals surface area contributed by atoms with Crippen LogP contribution < -0.4 is 5.32 Å². The first kappa shape index (κ1) is 26.9. The molecule has 0 aromatic rings.